The smallest absolute Gasteiger partial charge is 0.148 e. The van der Waals surface area contributed by atoms with Crippen molar-refractivity contribution >= 4 is 27.6 Å². The van der Waals surface area contributed by atoms with Crippen LogP contribution >= 0.6 is 15.9 Å². The van der Waals surface area contributed by atoms with Gasteiger partial charge in [-0.25, -0.2) is 9.97 Å². The van der Waals surface area contributed by atoms with Crippen molar-refractivity contribution < 1.29 is 9.47 Å². The van der Waals surface area contributed by atoms with E-state index in [1.807, 2.05) is 0 Å². The summed E-state index contributed by atoms with van der Waals surface area (Å²) in [5.41, 5.74) is 0. The molecule has 2 atom stereocenters. The predicted molar refractivity (Wildman–Crippen MR) is 82.3 cm³/mol. The van der Waals surface area contributed by atoms with Crippen LogP contribution in [0.25, 0.3) is 0 Å². The maximum Gasteiger partial charge on any atom is 0.148 e. The molecule has 7 heteroatoms. The van der Waals surface area contributed by atoms with Crippen molar-refractivity contribution in [2.45, 2.75) is 25.6 Å². The molecule has 1 saturated heterocycles. The van der Waals surface area contributed by atoms with E-state index in [1.165, 1.54) is 0 Å². The number of hydrogen-bond donors (Lipinski definition) is 1. The SMILES string of the molecule is CCCNc1ncnc(N2CC(OC)C(OC)C2)c1Br. The summed E-state index contributed by atoms with van der Waals surface area (Å²) in [6.07, 6.45) is 2.76. The first kappa shape index (κ1) is 15.5. The van der Waals surface area contributed by atoms with E-state index in [4.69, 9.17) is 9.47 Å². The zero-order valence-electron chi connectivity index (χ0n) is 12.1. The highest BCUT2D eigenvalue weighted by atomic mass is 79.9. The molecule has 1 aliphatic heterocycles. The van der Waals surface area contributed by atoms with Gasteiger partial charge in [-0.15, -0.1) is 0 Å². The Bertz CT molecular complexity index is 434. The summed E-state index contributed by atoms with van der Waals surface area (Å²) >= 11 is 3.59. The number of halogens is 1. The normalized spacial score (nSPS) is 22.3. The van der Waals surface area contributed by atoms with Gasteiger partial charge in [0.05, 0.1) is 0 Å². The first-order valence-corrected chi connectivity index (χ1v) is 7.55. The summed E-state index contributed by atoms with van der Waals surface area (Å²) in [6, 6.07) is 0. The zero-order chi connectivity index (χ0) is 14.5. The average Bonchev–Trinajstić information content (AvgIpc) is 2.89. The minimum Gasteiger partial charge on any atom is -0.377 e. The molecule has 0 spiro atoms. The lowest BCUT2D eigenvalue weighted by molar-refractivity contribution is -0.00461. The second-order valence-electron chi connectivity index (χ2n) is 4.74. The summed E-state index contributed by atoms with van der Waals surface area (Å²) in [6.45, 7) is 4.53. The Morgan fingerprint density at radius 3 is 2.50 bits per heavy atom. The number of aromatic nitrogens is 2. The molecule has 20 heavy (non-hydrogen) atoms. The van der Waals surface area contributed by atoms with Gasteiger partial charge in [0.1, 0.15) is 34.6 Å². The summed E-state index contributed by atoms with van der Waals surface area (Å²) in [7, 11) is 3.42. The van der Waals surface area contributed by atoms with Crippen molar-refractivity contribution in [3.05, 3.63) is 10.8 Å². The fourth-order valence-electron chi connectivity index (χ4n) is 2.32. The summed E-state index contributed by atoms with van der Waals surface area (Å²) in [5.74, 6) is 1.70. The van der Waals surface area contributed by atoms with Gasteiger partial charge in [0, 0.05) is 33.9 Å². The quantitative estimate of drug-likeness (QED) is 0.850. The highest BCUT2D eigenvalue weighted by Crippen LogP contribution is 2.32. The van der Waals surface area contributed by atoms with E-state index in [1.54, 1.807) is 20.5 Å². The van der Waals surface area contributed by atoms with Crippen LogP contribution in [-0.2, 0) is 9.47 Å². The molecule has 0 bridgehead atoms. The van der Waals surface area contributed by atoms with Gasteiger partial charge >= 0.3 is 0 Å². The van der Waals surface area contributed by atoms with Crippen LogP contribution in [0.1, 0.15) is 13.3 Å². The first-order chi connectivity index (χ1) is 9.71. The fourth-order valence-corrected chi connectivity index (χ4v) is 2.91. The van der Waals surface area contributed by atoms with Crippen LogP contribution in [0.3, 0.4) is 0 Å². The number of methoxy groups -OCH3 is 2. The second kappa shape index (κ2) is 7.19. The van der Waals surface area contributed by atoms with Crippen LogP contribution in [-0.4, -0.2) is 56.0 Å². The molecule has 0 aliphatic carbocycles. The minimum absolute atomic E-state index is 0.0638. The molecular weight excluding hydrogens is 324 g/mol. The maximum absolute atomic E-state index is 5.46. The van der Waals surface area contributed by atoms with Crippen LogP contribution in [0, 0.1) is 0 Å². The molecule has 2 rings (SSSR count). The monoisotopic (exact) mass is 344 g/mol. The molecule has 2 heterocycles. The molecule has 2 unspecified atom stereocenters. The third-order valence-electron chi connectivity index (χ3n) is 3.43. The molecule has 0 radical (unpaired) electrons. The van der Waals surface area contributed by atoms with E-state index in [2.05, 4.69) is 43.0 Å². The van der Waals surface area contributed by atoms with Crippen LogP contribution in [0.4, 0.5) is 11.6 Å². The minimum atomic E-state index is 0.0638. The molecular formula is C13H21BrN4O2. The Kier molecular flexibility index (Phi) is 5.56. The van der Waals surface area contributed by atoms with Gasteiger partial charge in [0.25, 0.3) is 0 Å². The number of ether oxygens (including phenoxy) is 2. The molecule has 1 aromatic heterocycles. The van der Waals surface area contributed by atoms with Crippen molar-refractivity contribution in [1.29, 1.82) is 0 Å². The molecule has 0 amide bonds. The van der Waals surface area contributed by atoms with Crippen molar-refractivity contribution in [2.24, 2.45) is 0 Å². The molecule has 0 saturated carbocycles. The lowest BCUT2D eigenvalue weighted by Crippen LogP contribution is -2.27. The van der Waals surface area contributed by atoms with Crippen molar-refractivity contribution in [2.75, 3.05) is 44.1 Å². The second-order valence-corrected chi connectivity index (χ2v) is 5.53. The Morgan fingerprint density at radius 2 is 1.95 bits per heavy atom. The van der Waals surface area contributed by atoms with Crippen molar-refractivity contribution in [3.63, 3.8) is 0 Å². The number of nitrogens with one attached hydrogen (secondary N) is 1. The van der Waals surface area contributed by atoms with E-state index in [0.29, 0.717) is 0 Å². The van der Waals surface area contributed by atoms with E-state index in [-0.39, 0.29) is 12.2 Å². The van der Waals surface area contributed by atoms with Gasteiger partial charge < -0.3 is 19.7 Å². The van der Waals surface area contributed by atoms with Crippen LogP contribution in [0.15, 0.2) is 10.8 Å². The highest BCUT2D eigenvalue weighted by Gasteiger charge is 2.34. The number of anilines is 2. The molecule has 1 fully saturated rings. The highest BCUT2D eigenvalue weighted by molar-refractivity contribution is 9.10. The van der Waals surface area contributed by atoms with Crippen molar-refractivity contribution in [1.82, 2.24) is 9.97 Å². The van der Waals surface area contributed by atoms with Gasteiger partial charge in [0.15, 0.2) is 0 Å². The third kappa shape index (κ3) is 3.21. The molecule has 0 aromatic carbocycles. The van der Waals surface area contributed by atoms with Gasteiger partial charge in [-0.1, -0.05) is 6.92 Å². The Morgan fingerprint density at radius 1 is 1.30 bits per heavy atom. The molecule has 112 valence electrons. The van der Waals surface area contributed by atoms with Crippen LogP contribution < -0.4 is 10.2 Å². The molecule has 6 nitrogen and oxygen atoms in total. The van der Waals surface area contributed by atoms with Gasteiger partial charge in [-0.05, 0) is 22.4 Å². The van der Waals surface area contributed by atoms with E-state index in [0.717, 1.165) is 42.2 Å². The predicted octanol–water partition coefficient (Wildman–Crippen LogP) is 1.91. The standard InChI is InChI=1S/C13H21BrN4O2/c1-4-5-15-12-11(14)13(17-8-16-12)18-6-9(19-2)10(7-18)20-3/h8-10H,4-7H2,1-3H3,(H,15,16,17). The number of rotatable bonds is 6. The average molecular weight is 345 g/mol. The number of nitrogens with zero attached hydrogens (tertiary/aromatic N) is 3. The fraction of sp³-hybridized carbons (Fsp3) is 0.692. The molecule has 1 aliphatic rings. The van der Waals surface area contributed by atoms with Crippen LogP contribution in [0.5, 0.6) is 0 Å². The van der Waals surface area contributed by atoms with E-state index >= 15 is 0 Å². The maximum atomic E-state index is 5.46. The van der Waals surface area contributed by atoms with Gasteiger partial charge in [-0.3, -0.25) is 0 Å². The van der Waals surface area contributed by atoms with Crippen molar-refractivity contribution in [3.8, 4) is 0 Å². The van der Waals surface area contributed by atoms with E-state index < -0.39 is 0 Å². The largest absolute Gasteiger partial charge is 0.377 e. The topological polar surface area (TPSA) is 59.5 Å². The Hall–Kier alpha value is -0.920. The van der Waals surface area contributed by atoms with Gasteiger partial charge in [-0.2, -0.15) is 0 Å². The zero-order valence-corrected chi connectivity index (χ0v) is 13.7. The van der Waals surface area contributed by atoms with Crippen LogP contribution in [0.2, 0.25) is 0 Å². The summed E-state index contributed by atoms with van der Waals surface area (Å²) in [5, 5.41) is 3.29. The molecule has 1 N–H and O–H groups in total. The number of hydrogen-bond acceptors (Lipinski definition) is 6. The third-order valence-corrected chi connectivity index (χ3v) is 4.16. The first-order valence-electron chi connectivity index (χ1n) is 6.76. The van der Waals surface area contributed by atoms with Gasteiger partial charge in [0.2, 0.25) is 0 Å². The Balaban J connectivity index is 2.17. The summed E-state index contributed by atoms with van der Waals surface area (Å²) in [4.78, 5) is 10.8. The summed E-state index contributed by atoms with van der Waals surface area (Å²) < 4.78 is 11.8. The lowest BCUT2D eigenvalue weighted by Gasteiger charge is -2.19. The van der Waals surface area contributed by atoms with E-state index in [9.17, 15) is 0 Å². The Labute approximate surface area is 128 Å². The lowest BCUT2D eigenvalue weighted by atomic mass is 10.3. The molecule has 1 aromatic rings.